The third-order valence-electron chi connectivity index (χ3n) is 3.37. The summed E-state index contributed by atoms with van der Waals surface area (Å²) < 4.78 is 0. The number of carbonyl (C=O) groups excluding carboxylic acids is 1. The molecule has 0 atom stereocenters. The average molecular weight is 293 g/mol. The van der Waals surface area contributed by atoms with Crippen molar-refractivity contribution in [1.29, 1.82) is 0 Å². The number of nitrogens with two attached hydrogens (primary N) is 1. The van der Waals surface area contributed by atoms with E-state index in [9.17, 15) is 9.90 Å². The molecular weight excluding hydrogens is 274 g/mol. The quantitative estimate of drug-likeness (QED) is 0.785. The summed E-state index contributed by atoms with van der Waals surface area (Å²) in [4.78, 5) is 16.7. The second-order valence-electron chi connectivity index (χ2n) is 4.97. The average Bonchev–Trinajstić information content (AvgIpc) is 2.38. The molecule has 1 saturated heterocycles. The number of phenolic OH excluding ortho intramolecular Hbond substituents is 1. The summed E-state index contributed by atoms with van der Waals surface area (Å²) in [5.74, 6) is 0.280. The largest absolute Gasteiger partial charge is 0.508 e. The third kappa shape index (κ3) is 4.18. The first-order valence-electron chi connectivity index (χ1n) is 6.61. The van der Waals surface area contributed by atoms with Gasteiger partial charge in [-0.3, -0.25) is 9.69 Å². The van der Waals surface area contributed by atoms with Crippen LogP contribution in [0.3, 0.4) is 0 Å². The number of nitrogens with zero attached hydrogens (tertiary/aromatic N) is 2. The van der Waals surface area contributed by atoms with Gasteiger partial charge < -0.3 is 15.7 Å². The molecule has 20 heavy (non-hydrogen) atoms. The number of hydrogen-bond donors (Lipinski definition) is 2. The maximum atomic E-state index is 12.2. The van der Waals surface area contributed by atoms with Crippen molar-refractivity contribution in [3.8, 4) is 5.75 Å². The number of thiocarbonyl (C=S) groups is 1. The Morgan fingerprint density at radius 1 is 1.30 bits per heavy atom. The van der Waals surface area contributed by atoms with Gasteiger partial charge in [-0.25, -0.2) is 0 Å². The molecule has 1 heterocycles. The number of hydrogen-bond acceptors (Lipinski definition) is 4. The molecule has 108 valence electrons. The second-order valence-corrected chi connectivity index (χ2v) is 5.49. The van der Waals surface area contributed by atoms with Crippen LogP contribution in [0.5, 0.6) is 5.75 Å². The molecule has 1 aliphatic heterocycles. The van der Waals surface area contributed by atoms with Gasteiger partial charge in [-0.05, 0) is 17.7 Å². The van der Waals surface area contributed by atoms with Crippen molar-refractivity contribution in [3.63, 3.8) is 0 Å². The van der Waals surface area contributed by atoms with E-state index in [1.54, 1.807) is 18.2 Å². The van der Waals surface area contributed by atoms with Crippen molar-refractivity contribution in [1.82, 2.24) is 9.80 Å². The Balaban J connectivity index is 1.84. The van der Waals surface area contributed by atoms with Crippen molar-refractivity contribution in [2.24, 2.45) is 5.73 Å². The number of carbonyl (C=O) groups is 1. The lowest BCUT2D eigenvalue weighted by Gasteiger charge is -2.34. The second kappa shape index (κ2) is 6.67. The van der Waals surface area contributed by atoms with Crippen molar-refractivity contribution >= 4 is 23.1 Å². The smallest absolute Gasteiger partial charge is 0.227 e. The summed E-state index contributed by atoms with van der Waals surface area (Å²) in [6.45, 7) is 3.59. The van der Waals surface area contributed by atoms with Gasteiger partial charge in [0.25, 0.3) is 0 Å². The molecule has 3 N–H and O–H groups in total. The van der Waals surface area contributed by atoms with E-state index in [4.69, 9.17) is 18.0 Å². The lowest BCUT2D eigenvalue weighted by molar-refractivity contribution is -0.132. The molecule has 0 radical (unpaired) electrons. The number of phenols is 1. The first kappa shape index (κ1) is 14.7. The van der Waals surface area contributed by atoms with Crippen LogP contribution in [0, 0.1) is 0 Å². The Bertz CT molecular complexity index is 499. The van der Waals surface area contributed by atoms with Crippen LogP contribution >= 0.6 is 12.2 Å². The van der Waals surface area contributed by atoms with E-state index >= 15 is 0 Å². The number of amides is 1. The van der Waals surface area contributed by atoms with Gasteiger partial charge in [-0.1, -0.05) is 24.4 Å². The van der Waals surface area contributed by atoms with Gasteiger partial charge in [-0.2, -0.15) is 0 Å². The maximum Gasteiger partial charge on any atom is 0.227 e. The molecule has 6 heteroatoms. The Kier molecular flexibility index (Phi) is 4.92. The maximum absolute atomic E-state index is 12.2. The zero-order valence-electron chi connectivity index (χ0n) is 11.3. The predicted octanol–water partition coefficient (Wildman–Crippen LogP) is 0.365. The standard InChI is InChI=1S/C14H19N3O2S/c15-13(20)10-16-4-6-17(7-5-16)14(19)9-11-2-1-3-12(18)8-11/h1-3,8,18H,4-7,9-10H2,(H2,15,20). The highest BCUT2D eigenvalue weighted by Gasteiger charge is 2.21. The van der Waals surface area contributed by atoms with Gasteiger partial charge in [0.2, 0.25) is 5.91 Å². The fourth-order valence-corrected chi connectivity index (χ4v) is 2.51. The van der Waals surface area contributed by atoms with Crippen LogP contribution in [0.1, 0.15) is 5.56 Å². The van der Waals surface area contributed by atoms with Crippen LogP contribution in [0.25, 0.3) is 0 Å². The number of piperazine rings is 1. The van der Waals surface area contributed by atoms with Crippen LogP contribution in [-0.4, -0.2) is 58.5 Å². The summed E-state index contributed by atoms with van der Waals surface area (Å²) >= 11 is 4.89. The molecule has 5 nitrogen and oxygen atoms in total. The Labute approximate surface area is 124 Å². The van der Waals surface area contributed by atoms with Crippen molar-refractivity contribution in [3.05, 3.63) is 29.8 Å². The van der Waals surface area contributed by atoms with Crippen LogP contribution in [0.2, 0.25) is 0 Å². The predicted molar refractivity (Wildman–Crippen MR) is 81.6 cm³/mol. The number of aromatic hydroxyl groups is 1. The minimum absolute atomic E-state index is 0.0885. The van der Waals surface area contributed by atoms with Crippen LogP contribution < -0.4 is 5.73 Å². The minimum Gasteiger partial charge on any atom is -0.508 e. The minimum atomic E-state index is 0.0885. The topological polar surface area (TPSA) is 69.8 Å². The van der Waals surface area contributed by atoms with Crippen molar-refractivity contribution in [2.75, 3.05) is 32.7 Å². The summed E-state index contributed by atoms with van der Waals surface area (Å²) in [6.07, 6.45) is 0.323. The highest BCUT2D eigenvalue weighted by Crippen LogP contribution is 2.13. The van der Waals surface area contributed by atoms with E-state index in [-0.39, 0.29) is 11.7 Å². The molecule has 0 bridgehead atoms. The zero-order valence-corrected chi connectivity index (χ0v) is 12.1. The van der Waals surface area contributed by atoms with Crippen LogP contribution in [0.15, 0.2) is 24.3 Å². The van der Waals surface area contributed by atoms with Gasteiger partial charge in [0.1, 0.15) is 5.75 Å². The van der Waals surface area contributed by atoms with Gasteiger partial charge in [0.05, 0.1) is 11.4 Å². The first-order chi connectivity index (χ1) is 9.54. The molecule has 1 fully saturated rings. The van der Waals surface area contributed by atoms with E-state index in [2.05, 4.69) is 4.90 Å². The summed E-state index contributed by atoms with van der Waals surface area (Å²) in [7, 11) is 0. The third-order valence-corrected chi connectivity index (χ3v) is 3.50. The van der Waals surface area contributed by atoms with Crippen molar-refractivity contribution in [2.45, 2.75) is 6.42 Å². The van der Waals surface area contributed by atoms with E-state index in [1.165, 1.54) is 0 Å². The summed E-state index contributed by atoms with van der Waals surface area (Å²) in [5.41, 5.74) is 6.35. The molecule has 1 amide bonds. The molecule has 0 aromatic heterocycles. The molecule has 2 rings (SSSR count). The molecule has 1 aromatic carbocycles. The molecule has 0 unspecified atom stereocenters. The van der Waals surface area contributed by atoms with E-state index < -0.39 is 0 Å². The fraction of sp³-hybridized carbons (Fsp3) is 0.429. The van der Waals surface area contributed by atoms with Crippen LogP contribution in [-0.2, 0) is 11.2 Å². The van der Waals surface area contributed by atoms with Crippen LogP contribution in [0.4, 0.5) is 0 Å². The normalized spacial score (nSPS) is 16.1. The Hall–Kier alpha value is -1.66. The summed E-state index contributed by atoms with van der Waals surface area (Å²) in [6, 6.07) is 6.82. The van der Waals surface area contributed by atoms with E-state index in [1.807, 2.05) is 11.0 Å². The lowest BCUT2D eigenvalue weighted by atomic mass is 10.1. The molecule has 1 aromatic rings. The number of benzene rings is 1. The monoisotopic (exact) mass is 293 g/mol. The zero-order chi connectivity index (χ0) is 14.5. The Morgan fingerprint density at radius 2 is 2.00 bits per heavy atom. The molecular formula is C14H19N3O2S. The highest BCUT2D eigenvalue weighted by atomic mass is 32.1. The van der Waals surface area contributed by atoms with Gasteiger partial charge >= 0.3 is 0 Å². The molecule has 1 aliphatic rings. The van der Waals surface area contributed by atoms with Crippen molar-refractivity contribution < 1.29 is 9.90 Å². The molecule has 0 aliphatic carbocycles. The van der Waals surface area contributed by atoms with E-state index in [0.29, 0.717) is 31.0 Å². The van der Waals surface area contributed by atoms with Gasteiger partial charge in [0, 0.05) is 32.7 Å². The highest BCUT2D eigenvalue weighted by molar-refractivity contribution is 7.80. The van der Waals surface area contributed by atoms with E-state index in [0.717, 1.165) is 18.7 Å². The summed E-state index contributed by atoms with van der Waals surface area (Å²) in [5, 5.41) is 9.40. The van der Waals surface area contributed by atoms with Gasteiger partial charge in [0.15, 0.2) is 0 Å². The SMILES string of the molecule is NC(=S)CN1CCN(C(=O)Cc2cccc(O)c2)CC1. The first-order valence-corrected chi connectivity index (χ1v) is 7.02. The molecule has 0 saturated carbocycles. The number of rotatable bonds is 4. The van der Waals surface area contributed by atoms with Gasteiger partial charge in [-0.15, -0.1) is 0 Å². The Morgan fingerprint density at radius 3 is 2.60 bits per heavy atom. The lowest BCUT2D eigenvalue weighted by Crippen LogP contribution is -2.50. The molecule has 0 spiro atoms. The fourth-order valence-electron chi connectivity index (χ4n) is 2.33.